The number of H-pyrrole nitrogens is 1. The molecular formula is C40H45N9O3. The van der Waals surface area contributed by atoms with Gasteiger partial charge in [-0.1, -0.05) is 30.3 Å². The van der Waals surface area contributed by atoms with Crippen LogP contribution in [-0.4, -0.2) is 96.8 Å². The van der Waals surface area contributed by atoms with Gasteiger partial charge in [0.25, 0.3) is 5.91 Å². The smallest absolute Gasteiger partial charge is 0.274 e. The quantitative estimate of drug-likeness (QED) is 0.132. The van der Waals surface area contributed by atoms with Crippen molar-refractivity contribution in [3.05, 3.63) is 96.2 Å². The van der Waals surface area contributed by atoms with Crippen LogP contribution in [0.25, 0.3) is 22.3 Å². The van der Waals surface area contributed by atoms with Crippen molar-refractivity contribution in [1.29, 1.82) is 0 Å². The molecule has 12 nitrogen and oxygen atoms in total. The van der Waals surface area contributed by atoms with Crippen LogP contribution in [0.15, 0.2) is 84.9 Å². The molecule has 0 bridgehead atoms. The summed E-state index contributed by atoms with van der Waals surface area (Å²) in [7, 11) is 3.92. The molecule has 7 rings (SSSR count). The van der Waals surface area contributed by atoms with Crippen LogP contribution in [-0.2, 0) is 16.0 Å². The highest BCUT2D eigenvalue weighted by Gasteiger charge is 2.22. The van der Waals surface area contributed by atoms with Crippen LogP contribution in [0, 0.1) is 0 Å². The van der Waals surface area contributed by atoms with Crippen molar-refractivity contribution in [2.24, 2.45) is 0 Å². The number of morpholine rings is 1. The van der Waals surface area contributed by atoms with Crippen LogP contribution in [0.2, 0.25) is 0 Å². The molecule has 3 N–H and O–H groups in total. The number of benzene rings is 3. The average molecular weight is 700 g/mol. The van der Waals surface area contributed by atoms with E-state index in [1.165, 1.54) is 19.3 Å². The second-order valence-electron chi connectivity index (χ2n) is 13.5. The fraction of sp³-hybridized carbons (Fsp3) is 0.325. The zero-order chi connectivity index (χ0) is 35.9. The van der Waals surface area contributed by atoms with E-state index >= 15 is 0 Å². The first kappa shape index (κ1) is 34.8. The van der Waals surface area contributed by atoms with Crippen LogP contribution in [0.3, 0.4) is 0 Å². The third-order valence-corrected chi connectivity index (χ3v) is 9.32. The minimum Gasteiger partial charge on any atom is -0.378 e. The maximum Gasteiger partial charge on any atom is 0.274 e. The third-order valence-electron chi connectivity index (χ3n) is 9.32. The second-order valence-corrected chi connectivity index (χ2v) is 13.5. The Kier molecular flexibility index (Phi) is 10.8. The zero-order valence-electron chi connectivity index (χ0n) is 29.8. The van der Waals surface area contributed by atoms with E-state index < -0.39 is 0 Å². The number of rotatable bonds is 12. The first-order valence-electron chi connectivity index (χ1n) is 18.0. The van der Waals surface area contributed by atoms with Crippen LogP contribution in [0.1, 0.15) is 35.3 Å². The fourth-order valence-corrected chi connectivity index (χ4v) is 6.67. The molecule has 2 aliphatic heterocycles. The standard InChI is InChI=1S/C40H45N9O3/c1-47(2)18-8-13-34(50)26-28-9-6-10-29(25-28)36-35-37(39(51)41-30-14-16-32(17-15-30)49-21-23-52-24-22-49)45-46-38(35)44-40(43-36)42-31-11-7-12-33(27-31)48-19-4-3-5-20-48/h6-17,25,27H,3-5,18-24,26H2,1-2H3,(H,41,51)(H2,42,43,44,45,46)/b13-8+. The summed E-state index contributed by atoms with van der Waals surface area (Å²) in [4.78, 5) is 43.1. The van der Waals surface area contributed by atoms with Crippen molar-refractivity contribution in [3.8, 4) is 11.3 Å². The fourth-order valence-electron chi connectivity index (χ4n) is 6.67. The molecule has 2 aromatic heterocycles. The number of carbonyl (C=O) groups is 2. The van der Waals surface area contributed by atoms with Crippen molar-refractivity contribution >= 4 is 51.4 Å². The molecule has 3 aromatic carbocycles. The Bertz CT molecular complexity index is 2050. The third kappa shape index (κ3) is 8.47. The van der Waals surface area contributed by atoms with E-state index in [0.29, 0.717) is 48.1 Å². The number of piperidine rings is 1. The van der Waals surface area contributed by atoms with Crippen molar-refractivity contribution < 1.29 is 14.3 Å². The molecule has 2 fully saturated rings. The molecule has 5 aromatic rings. The lowest BCUT2D eigenvalue weighted by Gasteiger charge is -2.29. The van der Waals surface area contributed by atoms with E-state index in [2.05, 4.69) is 42.8 Å². The Morgan fingerprint density at radius 3 is 2.42 bits per heavy atom. The van der Waals surface area contributed by atoms with E-state index in [-0.39, 0.29) is 23.8 Å². The molecule has 0 unspecified atom stereocenters. The summed E-state index contributed by atoms with van der Waals surface area (Å²) in [6.07, 6.45) is 7.36. The Morgan fingerprint density at radius 2 is 1.63 bits per heavy atom. The Labute approximate surface area is 303 Å². The summed E-state index contributed by atoms with van der Waals surface area (Å²) < 4.78 is 5.48. The highest BCUT2D eigenvalue weighted by molar-refractivity contribution is 6.14. The van der Waals surface area contributed by atoms with Crippen molar-refractivity contribution in [1.82, 2.24) is 25.1 Å². The van der Waals surface area contributed by atoms with Gasteiger partial charge in [-0.3, -0.25) is 14.7 Å². The number of amides is 1. The molecule has 2 aliphatic rings. The molecule has 4 heterocycles. The van der Waals surface area contributed by atoms with E-state index in [1.54, 1.807) is 6.08 Å². The summed E-state index contributed by atoms with van der Waals surface area (Å²) in [6, 6.07) is 23.8. The number of aromatic nitrogens is 4. The molecule has 52 heavy (non-hydrogen) atoms. The minimum atomic E-state index is -0.362. The van der Waals surface area contributed by atoms with Crippen molar-refractivity contribution in [2.75, 3.05) is 80.5 Å². The lowest BCUT2D eigenvalue weighted by Crippen LogP contribution is -2.36. The van der Waals surface area contributed by atoms with Gasteiger partial charge in [0.15, 0.2) is 11.4 Å². The van der Waals surface area contributed by atoms with E-state index in [9.17, 15) is 9.59 Å². The second kappa shape index (κ2) is 16.2. The zero-order valence-corrected chi connectivity index (χ0v) is 29.8. The highest BCUT2D eigenvalue weighted by Crippen LogP contribution is 2.32. The van der Waals surface area contributed by atoms with Crippen LogP contribution >= 0.6 is 0 Å². The summed E-state index contributed by atoms with van der Waals surface area (Å²) in [5.74, 6) is -0.00637. The van der Waals surface area contributed by atoms with Crippen LogP contribution in [0.4, 0.5) is 28.7 Å². The summed E-state index contributed by atoms with van der Waals surface area (Å²) in [5, 5.41) is 14.3. The first-order chi connectivity index (χ1) is 25.4. The number of aromatic amines is 1. The van der Waals surface area contributed by atoms with Crippen molar-refractivity contribution in [2.45, 2.75) is 25.7 Å². The normalized spacial score (nSPS) is 15.1. The number of likely N-dealkylation sites (N-methyl/N-ethyl adjacent to an activating group) is 1. The molecule has 12 heteroatoms. The van der Waals surface area contributed by atoms with Crippen LogP contribution in [0.5, 0.6) is 0 Å². The average Bonchev–Trinajstić information content (AvgIpc) is 3.60. The number of allylic oxidation sites excluding steroid dienone is 1. The predicted octanol–water partition coefficient (Wildman–Crippen LogP) is 6.07. The van der Waals surface area contributed by atoms with Gasteiger partial charge in [0.2, 0.25) is 5.95 Å². The minimum absolute atomic E-state index is 0.00536. The highest BCUT2D eigenvalue weighted by atomic mass is 16.5. The molecule has 268 valence electrons. The van der Waals surface area contributed by atoms with Gasteiger partial charge < -0.3 is 30.1 Å². The Hall–Kier alpha value is -5.59. The Balaban J connectivity index is 1.20. The van der Waals surface area contributed by atoms with Gasteiger partial charge in [0, 0.05) is 67.5 Å². The molecule has 1 amide bonds. The summed E-state index contributed by atoms with van der Waals surface area (Å²) in [6.45, 7) is 5.82. The van der Waals surface area contributed by atoms with E-state index in [0.717, 1.165) is 54.4 Å². The molecule has 0 spiro atoms. The van der Waals surface area contributed by atoms with Crippen molar-refractivity contribution in [3.63, 3.8) is 0 Å². The number of carbonyl (C=O) groups excluding carboxylic acids is 2. The number of anilines is 5. The van der Waals surface area contributed by atoms with E-state index in [1.807, 2.05) is 85.7 Å². The monoisotopic (exact) mass is 699 g/mol. The van der Waals surface area contributed by atoms with Gasteiger partial charge in [0.05, 0.1) is 24.3 Å². The van der Waals surface area contributed by atoms with Gasteiger partial charge in [0.1, 0.15) is 5.69 Å². The number of nitrogens with zero attached hydrogens (tertiary/aromatic N) is 6. The number of nitrogens with one attached hydrogen (secondary N) is 3. The van der Waals surface area contributed by atoms with Gasteiger partial charge >= 0.3 is 0 Å². The SMILES string of the molecule is CN(C)C/C=C/C(=O)Cc1cccc(-c2nc(Nc3cccc(N4CCCCC4)c3)nc3n[nH]c(C(=O)Nc4ccc(N5CCOCC5)cc4)c23)c1. The number of ketones is 1. The molecular weight excluding hydrogens is 654 g/mol. The molecule has 2 saturated heterocycles. The number of hydrogen-bond acceptors (Lipinski definition) is 10. The van der Waals surface area contributed by atoms with Crippen LogP contribution < -0.4 is 20.4 Å². The predicted molar refractivity (Wildman–Crippen MR) is 207 cm³/mol. The largest absolute Gasteiger partial charge is 0.378 e. The lowest BCUT2D eigenvalue weighted by molar-refractivity contribution is -0.114. The molecule has 0 atom stereocenters. The van der Waals surface area contributed by atoms with E-state index in [4.69, 9.17) is 14.7 Å². The number of fused-ring (bicyclic) bond motifs is 1. The van der Waals surface area contributed by atoms with Gasteiger partial charge in [-0.15, -0.1) is 0 Å². The topological polar surface area (TPSA) is 132 Å². The Morgan fingerprint density at radius 1 is 0.865 bits per heavy atom. The first-order valence-corrected chi connectivity index (χ1v) is 18.0. The maximum absolute atomic E-state index is 13.8. The number of ether oxygens (including phenoxy) is 1. The van der Waals surface area contributed by atoms with Gasteiger partial charge in [-0.05, 0) is 93.5 Å². The van der Waals surface area contributed by atoms with Gasteiger partial charge in [-0.25, -0.2) is 4.98 Å². The molecule has 0 radical (unpaired) electrons. The lowest BCUT2D eigenvalue weighted by atomic mass is 10.0. The summed E-state index contributed by atoms with van der Waals surface area (Å²) in [5.41, 5.74) is 6.44. The summed E-state index contributed by atoms with van der Waals surface area (Å²) >= 11 is 0. The maximum atomic E-state index is 13.8. The van der Waals surface area contributed by atoms with Gasteiger partial charge in [-0.2, -0.15) is 10.1 Å². The molecule has 0 saturated carbocycles. The molecule has 0 aliphatic carbocycles. The number of hydrogen-bond donors (Lipinski definition) is 3.